The van der Waals surface area contributed by atoms with Crippen molar-refractivity contribution in [1.29, 1.82) is 0 Å². The summed E-state index contributed by atoms with van der Waals surface area (Å²) in [6, 6.07) is 9.24. The van der Waals surface area contributed by atoms with Crippen LogP contribution in [0, 0.1) is 0 Å². The molecule has 0 bridgehead atoms. The molecule has 128 valence electrons. The highest BCUT2D eigenvalue weighted by molar-refractivity contribution is 6.00. The van der Waals surface area contributed by atoms with Crippen LogP contribution in [0.4, 0.5) is 0 Å². The lowest BCUT2D eigenvalue weighted by molar-refractivity contribution is 0.0735. The molecule has 0 aliphatic carbocycles. The van der Waals surface area contributed by atoms with Crippen LogP contribution in [0.1, 0.15) is 10.4 Å². The molecule has 0 unspecified atom stereocenters. The fourth-order valence-corrected chi connectivity index (χ4v) is 3.17. The van der Waals surface area contributed by atoms with Crippen molar-refractivity contribution in [2.24, 2.45) is 7.05 Å². The SMILES string of the molecule is Cn1cc(C(=O)N2CCNCC2)c2nn(-c3ccccc3)c(=O)c-2c1. The average Bonchev–Trinajstić information content (AvgIpc) is 2.99. The first kappa shape index (κ1) is 15.6. The van der Waals surface area contributed by atoms with Gasteiger partial charge in [0, 0.05) is 45.6 Å². The van der Waals surface area contributed by atoms with Crippen LogP contribution in [0.15, 0.2) is 47.5 Å². The molecule has 3 heterocycles. The molecule has 0 atom stereocenters. The maximum absolute atomic E-state index is 13.0. The number of pyridine rings is 1. The number of nitrogens with one attached hydrogen (secondary N) is 1. The van der Waals surface area contributed by atoms with Crippen LogP contribution in [0.5, 0.6) is 0 Å². The van der Waals surface area contributed by atoms with E-state index in [1.165, 1.54) is 4.68 Å². The predicted octanol–water partition coefficient (Wildman–Crippen LogP) is 0.721. The number of rotatable bonds is 2. The average molecular weight is 337 g/mol. The zero-order valence-electron chi connectivity index (χ0n) is 14.0. The summed E-state index contributed by atoms with van der Waals surface area (Å²) in [4.78, 5) is 27.5. The third-order valence-corrected chi connectivity index (χ3v) is 4.43. The van der Waals surface area contributed by atoms with E-state index in [-0.39, 0.29) is 11.5 Å². The third kappa shape index (κ3) is 2.72. The number of nitrogens with zero attached hydrogens (tertiary/aromatic N) is 4. The second-order valence-electron chi connectivity index (χ2n) is 6.19. The van der Waals surface area contributed by atoms with E-state index in [9.17, 15) is 9.59 Å². The molecule has 3 aliphatic rings. The van der Waals surface area contributed by atoms with Crippen LogP contribution in [0.3, 0.4) is 0 Å². The fourth-order valence-electron chi connectivity index (χ4n) is 3.17. The van der Waals surface area contributed by atoms with Gasteiger partial charge in [-0.15, -0.1) is 0 Å². The van der Waals surface area contributed by atoms with E-state index < -0.39 is 0 Å². The summed E-state index contributed by atoms with van der Waals surface area (Å²) in [7, 11) is 1.81. The van der Waals surface area contributed by atoms with Gasteiger partial charge in [0.2, 0.25) is 0 Å². The maximum atomic E-state index is 13.0. The predicted molar refractivity (Wildman–Crippen MR) is 94.2 cm³/mol. The van der Waals surface area contributed by atoms with Crippen LogP contribution < -0.4 is 10.9 Å². The smallest absolute Gasteiger partial charge is 0.282 e. The van der Waals surface area contributed by atoms with E-state index in [1.54, 1.807) is 21.9 Å². The number of piperazine rings is 1. The van der Waals surface area contributed by atoms with E-state index in [1.807, 2.05) is 37.4 Å². The standard InChI is InChI=1S/C18H19N5O2/c1-21-11-14(17(24)22-9-7-19-8-10-22)16-15(12-21)18(25)23(20-16)13-5-3-2-4-6-13/h2-6,11-12,19H,7-10H2,1H3. The molecular weight excluding hydrogens is 318 g/mol. The van der Waals surface area contributed by atoms with Crippen molar-refractivity contribution < 1.29 is 4.79 Å². The van der Waals surface area contributed by atoms with Crippen molar-refractivity contribution in [3.05, 3.63) is 58.6 Å². The summed E-state index contributed by atoms with van der Waals surface area (Å²) in [5.41, 5.74) is 1.84. The first-order valence-corrected chi connectivity index (χ1v) is 8.29. The maximum Gasteiger partial charge on any atom is 0.282 e. The summed E-state index contributed by atoms with van der Waals surface area (Å²) in [6.45, 7) is 2.86. The van der Waals surface area contributed by atoms with Crippen molar-refractivity contribution >= 4 is 5.91 Å². The van der Waals surface area contributed by atoms with Gasteiger partial charge in [-0.25, -0.2) is 0 Å². The number of aromatic nitrogens is 3. The number of hydrogen-bond donors (Lipinski definition) is 1. The number of aryl methyl sites for hydroxylation is 1. The van der Waals surface area contributed by atoms with Gasteiger partial charge < -0.3 is 14.8 Å². The summed E-state index contributed by atoms with van der Waals surface area (Å²) in [5, 5.41) is 7.70. The Labute approximate surface area is 144 Å². The Kier molecular flexibility index (Phi) is 3.85. The molecular formula is C18H19N5O2. The van der Waals surface area contributed by atoms with Gasteiger partial charge in [0.1, 0.15) is 5.69 Å². The van der Waals surface area contributed by atoms with Crippen LogP contribution in [0.2, 0.25) is 0 Å². The van der Waals surface area contributed by atoms with Gasteiger partial charge in [-0.05, 0) is 12.1 Å². The summed E-state index contributed by atoms with van der Waals surface area (Å²) in [6.07, 6.45) is 3.47. The van der Waals surface area contributed by atoms with Crippen molar-refractivity contribution in [3.8, 4) is 16.9 Å². The van der Waals surface area contributed by atoms with Crippen molar-refractivity contribution in [2.75, 3.05) is 26.2 Å². The lowest BCUT2D eigenvalue weighted by Gasteiger charge is -2.28. The Morgan fingerprint density at radius 1 is 1.12 bits per heavy atom. The Bertz CT molecular complexity index is 938. The zero-order valence-corrected chi connectivity index (χ0v) is 14.0. The molecule has 0 saturated carbocycles. The van der Waals surface area contributed by atoms with E-state index in [2.05, 4.69) is 10.4 Å². The van der Waals surface area contributed by atoms with Gasteiger partial charge in [0.15, 0.2) is 0 Å². The minimum atomic E-state index is -0.216. The van der Waals surface area contributed by atoms with E-state index in [0.717, 1.165) is 13.1 Å². The highest BCUT2D eigenvalue weighted by Gasteiger charge is 2.27. The van der Waals surface area contributed by atoms with Crippen molar-refractivity contribution in [3.63, 3.8) is 0 Å². The number of carbonyl (C=O) groups is 1. The van der Waals surface area contributed by atoms with Crippen LogP contribution in [-0.4, -0.2) is 51.3 Å². The molecule has 7 heteroatoms. The van der Waals surface area contributed by atoms with Gasteiger partial charge in [-0.2, -0.15) is 9.78 Å². The number of para-hydroxylation sites is 1. The fraction of sp³-hybridized carbons (Fsp3) is 0.278. The first-order valence-electron chi connectivity index (χ1n) is 8.29. The molecule has 1 N–H and O–H groups in total. The minimum absolute atomic E-state index is 0.0830. The Balaban J connectivity index is 1.85. The van der Waals surface area contributed by atoms with Gasteiger partial charge >= 0.3 is 0 Å². The first-order chi connectivity index (χ1) is 12.1. The Morgan fingerprint density at radius 2 is 1.84 bits per heavy atom. The summed E-state index contributed by atoms with van der Waals surface area (Å²) < 4.78 is 3.11. The third-order valence-electron chi connectivity index (χ3n) is 4.43. The Morgan fingerprint density at radius 3 is 2.56 bits per heavy atom. The second kappa shape index (κ2) is 6.18. The van der Waals surface area contributed by atoms with E-state index in [0.29, 0.717) is 35.6 Å². The molecule has 1 amide bonds. The lowest BCUT2D eigenvalue weighted by Crippen LogP contribution is -2.46. The largest absolute Gasteiger partial charge is 0.356 e. The Hall–Kier alpha value is -2.93. The van der Waals surface area contributed by atoms with Crippen LogP contribution >= 0.6 is 0 Å². The molecule has 1 aromatic carbocycles. The molecule has 1 saturated heterocycles. The number of amides is 1. The highest BCUT2D eigenvalue weighted by Crippen LogP contribution is 2.23. The number of hydrogen-bond acceptors (Lipinski definition) is 4. The van der Waals surface area contributed by atoms with Crippen LogP contribution in [-0.2, 0) is 7.05 Å². The summed E-state index contributed by atoms with van der Waals surface area (Å²) in [5.74, 6) is -0.0830. The monoisotopic (exact) mass is 337 g/mol. The van der Waals surface area contributed by atoms with Gasteiger partial charge in [-0.3, -0.25) is 9.59 Å². The van der Waals surface area contributed by atoms with Gasteiger partial charge in [0.05, 0.1) is 16.8 Å². The topological polar surface area (TPSA) is 72.2 Å². The lowest BCUT2D eigenvalue weighted by atomic mass is 10.1. The molecule has 1 aromatic rings. The molecule has 0 aromatic heterocycles. The van der Waals surface area contributed by atoms with E-state index >= 15 is 0 Å². The van der Waals surface area contributed by atoms with Gasteiger partial charge in [0.25, 0.3) is 11.5 Å². The van der Waals surface area contributed by atoms with Crippen molar-refractivity contribution in [2.45, 2.75) is 0 Å². The highest BCUT2D eigenvalue weighted by atomic mass is 16.2. The van der Waals surface area contributed by atoms with E-state index in [4.69, 9.17) is 0 Å². The van der Waals surface area contributed by atoms with Crippen molar-refractivity contribution in [1.82, 2.24) is 24.6 Å². The molecule has 0 radical (unpaired) electrons. The molecule has 0 spiro atoms. The minimum Gasteiger partial charge on any atom is -0.356 e. The number of carbonyl (C=O) groups excluding carboxylic acids is 1. The normalized spacial score (nSPS) is 14.8. The quantitative estimate of drug-likeness (QED) is 0.748. The zero-order chi connectivity index (χ0) is 17.4. The molecule has 1 fully saturated rings. The number of fused-ring (bicyclic) bond motifs is 1. The van der Waals surface area contributed by atoms with Crippen LogP contribution in [0.25, 0.3) is 16.9 Å². The number of benzene rings is 1. The molecule has 4 rings (SSSR count). The summed E-state index contributed by atoms with van der Waals surface area (Å²) >= 11 is 0. The molecule has 25 heavy (non-hydrogen) atoms. The second-order valence-corrected chi connectivity index (χ2v) is 6.19. The molecule has 3 aliphatic heterocycles. The molecule has 7 nitrogen and oxygen atoms in total. The van der Waals surface area contributed by atoms with Gasteiger partial charge in [-0.1, -0.05) is 18.2 Å².